The number of amides is 1. The van der Waals surface area contributed by atoms with E-state index < -0.39 is 30.1 Å². The molecule has 0 aromatic heterocycles. The average Bonchev–Trinajstić information content (AvgIpc) is 2.49. The largest absolute Gasteiger partial charge is 0.491 e. The van der Waals surface area contributed by atoms with Crippen LogP contribution in [0, 0.1) is 0 Å². The lowest BCUT2D eigenvalue weighted by Crippen LogP contribution is -2.44. The minimum absolute atomic E-state index is 0.0374. The number of hydrogen-bond acceptors (Lipinski definition) is 6. The van der Waals surface area contributed by atoms with E-state index in [1.165, 1.54) is 0 Å². The molecule has 1 amide bonds. The lowest BCUT2D eigenvalue weighted by atomic mass is 10.1. The first-order valence-corrected chi connectivity index (χ1v) is 7.74. The zero-order chi connectivity index (χ0) is 18.6. The summed E-state index contributed by atoms with van der Waals surface area (Å²) in [6, 6.07) is -1.31. The molecule has 0 rings (SSSR count). The van der Waals surface area contributed by atoms with Crippen molar-refractivity contribution in [3.63, 3.8) is 0 Å². The standard InChI is InChI=1S/C14H24F3N3O4/c15-14(16,17)13(23)24-12(22)10(6-3-5-9-19)20-11(21)7-2-1-4-8-18/h10H,1-9,18-19H2,(H,20,21)/t10-/m0/s1. The second-order valence-corrected chi connectivity index (χ2v) is 5.21. The molecule has 140 valence electrons. The predicted molar refractivity (Wildman–Crippen MR) is 79.5 cm³/mol. The number of alkyl halides is 3. The average molecular weight is 355 g/mol. The highest BCUT2D eigenvalue weighted by atomic mass is 19.4. The second kappa shape index (κ2) is 11.8. The molecule has 0 radical (unpaired) electrons. The molecule has 0 unspecified atom stereocenters. The van der Waals surface area contributed by atoms with E-state index in [2.05, 4.69) is 10.1 Å². The Hall–Kier alpha value is -1.68. The third-order valence-electron chi connectivity index (χ3n) is 3.10. The lowest BCUT2D eigenvalue weighted by molar-refractivity contribution is -0.202. The highest BCUT2D eigenvalue weighted by Crippen LogP contribution is 2.17. The first kappa shape index (κ1) is 22.3. The number of nitrogens with two attached hydrogens (primary N) is 2. The number of unbranched alkanes of at least 4 members (excludes halogenated alkanes) is 3. The first-order valence-electron chi connectivity index (χ1n) is 7.74. The van der Waals surface area contributed by atoms with Crippen molar-refractivity contribution in [3.8, 4) is 0 Å². The Balaban J connectivity index is 4.57. The van der Waals surface area contributed by atoms with E-state index in [1.54, 1.807) is 0 Å². The van der Waals surface area contributed by atoms with Crippen LogP contribution in [0.1, 0.15) is 44.9 Å². The van der Waals surface area contributed by atoms with Crippen LogP contribution in [-0.4, -0.2) is 43.2 Å². The highest BCUT2D eigenvalue weighted by Gasteiger charge is 2.43. The molecule has 5 N–H and O–H groups in total. The molecular weight excluding hydrogens is 331 g/mol. The van der Waals surface area contributed by atoms with Crippen LogP contribution in [-0.2, 0) is 19.1 Å². The Labute approximate surface area is 138 Å². The van der Waals surface area contributed by atoms with Gasteiger partial charge in [0.1, 0.15) is 6.04 Å². The van der Waals surface area contributed by atoms with Gasteiger partial charge in [0.25, 0.3) is 0 Å². The number of nitrogens with one attached hydrogen (secondary N) is 1. The van der Waals surface area contributed by atoms with E-state index in [0.717, 1.165) is 12.8 Å². The molecule has 0 aliphatic rings. The molecule has 24 heavy (non-hydrogen) atoms. The van der Waals surface area contributed by atoms with Crippen molar-refractivity contribution >= 4 is 17.8 Å². The van der Waals surface area contributed by atoms with Crippen molar-refractivity contribution in [3.05, 3.63) is 0 Å². The van der Waals surface area contributed by atoms with Gasteiger partial charge in [-0.1, -0.05) is 6.42 Å². The molecule has 0 aromatic carbocycles. The SMILES string of the molecule is NCCCCCC(=O)N[C@@H](CCCCN)C(=O)OC(=O)C(F)(F)F. The second-order valence-electron chi connectivity index (χ2n) is 5.21. The van der Waals surface area contributed by atoms with Crippen LogP contribution >= 0.6 is 0 Å². The molecule has 0 aliphatic heterocycles. The van der Waals surface area contributed by atoms with Crippen molar-refractivity contribution in [1.82, 2.24) is 5.32 Å². The van der Waals surface area contributed by atoms with Crippen molar-refractivity contribution in [2.75, 3.05) is 13.1 Å². The summed E-state index contributed by atoms with van der Waals surface area (Å²) in [5.74, 6) is -4.53. The molecule has 0 bridgehead atoms. The van der Waals surface area contributed by atoms with Crippen LogP contribution < -0.4 is 16.8 Å². The number of rotatable bonds is 11. The number of halogens is 3. The zero-order valence-electron chi connectivity index (χ0n) is 13.4. The minimum Gasteiger partial charge on any atom is -0.385 e. The van der Waals surface area contributed by atoms with Crippen molar-refractivity contribution in [2.45, 2.75) is 57.2 Å². The Morgan fingerprint density at radius 3 is 2.08 bits per heavy atom. The van der Waals surface area contributed by atoms with Crippen LogP contribution in [0.5, 0.6) is 0 Å². The van der Waals surface area contributed by atoms with Crippen molar-refractivity contribution in [2.24, 2.45) is 11.5 Å². The van der Waals surface area contributed by atoms with Crippen molar-refractivity contribution < 1.29 is 32.3 Å². The van der Waals surface area contributed by atoms with E-state index in [-0.39, 0.29) is 12.8 Å². The summed E-state index contributed by atoms with van der Waals surface area (Å²) in [7, 11) is 0. The predicted octanol–water partition coefficient (Wildman–Crippen LogP) is 0.751. The van der Waals surface area contributed by atoms with Gasteiger partial charge < -0.3 is 21.5 Å². The number of esters is 2. The van der Waals surface area contributed by atoms with Gasteiger partial charge in [-0.2, -0.15) is 13.2 Å². The summed E-state index contributed by atoms with van der Waals surface area (Å²) < 4.78 is 40.2. The van der Waals surface area contributed by atoms with Crippen molar-refractivity contribution in [1.29, 1.82) is 0 Å². The van der Waals surface area contributed by atoms with Gasteiger partial charge in [-0.15, -0.1) is 0 Å². The fraction of sp³-hybridized carbons (Fsp3) is 0.786. The third kappa shape index (κ3) is 10.2. The van der Waals surface area contributed by atoms with E-state index in [0.29, 0.717) is 32.4 Å². The Kier molecular flexibility index (Phi) is 11.0. The van der Waals surface area contributed by atoms with Gasteiger partial charge in [0.05, 0.1) is 0 Å². The van der Waals surface area contributed by atoms with Crippen LogP contribution in [0.15, 0.2) is 0 Å². The summed E-state index contributed by atoms with van der Waals surface area (Å²) in [6.45, 7) is 0.825. The van der Waals surface area contributed by atoms with Gasteiger partial charge in [-0.25, -0.2) is 9.59 Å². The Bertz CT molecular complexity index is 417. The highest BCUT2D eigenvalue weighted by molar-refractivity contribution is 5.92. The van der Waals surface area contributed by atoms with E-state index in [9.17, 15) is 27.6 Å². The van der Waals surface area contributed by atoms with Crippen LogP contribution in [0.4, 0.5) is 13.2 Å². The van der Waals surface area contributed by atoms with E-state index >= 15 is 0 Å². The molecule has 0 saturated heterocycles. The zero-order valence-corrected chi connectivity index (χ0v) is 13.4. The van der Waals surface area contributed by atoms with Crippen LogP contribution in [0.25, 0.3) is 0 Å². The van der Waals surface area contributed by atoms with Gasteiger partial charge in [0, 0.05) is 6.42 Å². The molecule has 0 heterocycles. The lowest BCUT2D eigenvalue weighted by Gasteiger charge is -2.17. The molecule has 10 heteroatoms. The maximum Gasteiger partial charge on any atom is 0.491 e. The molecular formula is C14H24F3N3O4. The molecule has 0 aromatic rings. The van der Waals surface area contributed by atoms with Crippen LogP contribution in [0.3, 0.4) is 0 Å². The molecule has 0 spiro atoms. The maximum absolute atomic E-state index is 12.1. The van der Waals surface area contributed by atoms with Gasteiger partial charge in [-0.3, -0.25) is 4.79 Å². The normalized spacial score (nSPS) is 12.5. The summed E-state index contributed by atoms with van der Waals surface area (Å²) in [5, 5.41) is 2.30. The van der Waals surface area contributed by atoms with Gasteiger partial charge >= 0.3 is 18.1 Å². The summed E-state index contributed by atoms with van der Waals surface area (Å²) >= 11 is 0. The number of carbonyl (C=O) groups excluding carboxylic acids is 3. The van der Waals surface area contributed by atoms with Gasteiger partial charge in [0.15, 0.2) is 0 Å². The van der Waals surface area contributed by atoms with Gasteiger partial charge in [0.2, 0.25) is 5.91 Å². The number of ether oxygens (including phenoxy) is 1. The van der Waals surface area contributed by atoms with E-state index in [4.69, 9.17) is 11.5 Å². The fourth-order valence-electron chi connectivity index (χ4n) is 1.84. The monoisotopic (exact) mass is 355 g/mol. The Morgan fingerprint density at radius 1 is 0.958 bits per heavy atom. The van der Waals surface area contributed by atoms with Gasteiger partial charge in [-0.05, 0) is 45.2 Å². The number of hydrogen-bond donors (Lipinski definition) is 3. The minimum atomic E-state index is -5.27. The number of carbonyl (C=O) groups is 3. The van der Waals surface area contributed by atoms with Crippen LogP contribution in [0.2, 0.25) is 0 Å². The molecule has 7 nitrogen and oxygen atoms in total. The third-order valence-corrected chi connectivity index (χ3v) is 3.10. The topological polar surface area (TPSA) is 125 Å². The first-order chi connectivity index (χ1) is 11.2. The molecule has 0 fully saturated rings. The molecule has 0 aliphatic carbocycles. The fourth-order valence-corrected chi connectivity index (χ4v) is 1.84. The molecule has 0 saturated carbocycles. The Morgan fingerprint density at radius 2 is 1.54 bits per heavy atom. The van der Waals surface area contributed by atoms with E-state index in [1.807, 2.05) is 0 Å². The quantitative estimate of drug-likeness (QED) is 0.285. The maximum atomic E-state index is 12.1. The summed E-state index contributed by atoms with van der Waals surface area (Å²) in [6.07, 6.45) is -2.22. The molecule has 1 atom stereocenters. The summed E-state index contributed by atoms with van der Waals surface area (Å²) in [5.41, 5.74) is 10.6. The smallest absolute Gasteiger partial charge is 0.385 e. The summed E-state index contributed by atoms with van der Waals surface area (Å²) in [4.78, 5) is 34.2.